The van der Waals surface area contributed by atoms with Crippen LogP contribution in [0.4, 0.5) is 4.79 Å². The van der Waals surface area contributed by atoms with E-state index in [1.807, 2.05) is 6.07 Å². The second-order valence-electron chi connectivity index (χ2n) is 4.48. The van der Waals surface area contributed by atoms with Crippen molar-refractivity contribution >= 4 is 28.9 Å². The van der Waals surface area contributed by atoms with Crippen LogP contribution >= 0.6 is 11.8 Å². The number of carbonyl (C=O) groups is 3. The molecule has 1 rings (SSSR count). The predicted molar refractivity (Wildman–Crippen MR) is 85.3 cm³/mol. The fourth-order valence-corrected chi connectivity index (χ4v) is 2.38. The summed E-state index contributed by atoms with van der Waals surface area (Å²) in [6.07, 6.45) is 0. The maximum atomic E-state index is 11.9. The van der Waals surface area contributed by atoms with Gasteiger partial charge < -0.3 is 19.5 Å². The van der Waals surface area contributed by atoms with E-state index in [9.17, 15) is 14.4 Å². The number of carbonyl (C=O) groups excluding carboxylic acids is 3. The quantitative estimate of drug-likeness (QED) is 0.755. The molecule has 1 aromatic carbocycles. The summed E-state index contributed by atoms with van der Waals surface area (Å²) in [6.45, 7) is 1.59. The van der Waals surface area contributed by atoms with Gasteiger partial charge in [0.2, 0.25) is 5.91 Å². The van der Waals surface area contributed by atoms with Crippen molar-refractivity contribution in [2.24, 2.45) is 0 Å². The third kappa shape index (κ3) is 6.70. The molecule has 0 radical (unpaired) electrons. The van der Waals surface area contributed by atoms with Gasteiger partial charge in [-0.1, -0.05) is 18.2 Å². The molecule has 0 spiro atoms. The molecule has 1 amide bonds. The van der Waals surface area contributed by atoms with Gasteiger partial charge in [0.15, 0.2) is 0 Å². The van der Waals surface area contributed by atoms with Gasteiger partial charge in [-0.05, 0) is 17.8 Å². The minimum Gasteiger partial charge on any atom is -0.467 e. The molecule has 1 aromatic rings. The van der Waals surface area contributed by atoms with Crippen LogP contribution in [0.15, 0.2) is 24.3 Å². The highest BCUT2D eigenvalue weighted by Gasteiger charge is 2.22. The van der Waals surface area contributed by atoms with Crippen LogP contribution in [-0.4, -0.2) is 43.2 Å². The highest BCUT2D eigenvalue weighted by molar-refractivity contribution is 8.13. The normalized spacial score (nSPS) is 11.4. The van der Waals surface area contributed by atoms with E-state index in [-0.39, 0.29) is 11.7 Å². The number of esters is 1. The summed E-state index contributed by atoms with van der Waals surface area (Å²) in [5, 5.41) is 1.83. The fraction of sp³-hybridized carbons (Fsp3) is 0.400. The Morgan fingerprint density at radius 1 is 1.22 bits per heavy atom. The van der Waals surface area contributed by atoms with E-state index in [0.717, 1.165) is 17.3 Å². The topological polar surface area (TPSA) is 90.9 Å². The predicted octanol–water partition coefficient (Wildman–Crippen LogP) is 1.74. The van der Waals surface area contributed by atoms with E-state index >= 15 is 0 Å². The number of thioether (sulfide) groups is 1. The molecule has 0 saturated carbocycles. The van der Waals surface area contributed by atoms with Crippen molar-refractivity contribution in [3.63, 3.8) is 0 Å². The zero-order valence-electron chi connectivity index (χ0n) is 13.2. The molecule has 0 heterocycles. The van der Waals surface area contributed by atoms with Crippen LogP contribution in [0.1, 0.15) is 12.5 Å². The first-order chi connectivity index (χ1) is 11.0. The third-order valence-corrected chi connectivity index (χ3v) is 3.52. The maximum absolute atomic E-state index is 11.9. The van der Waals surface area contributed by atoms with Crippen LogP contribution in [-0.2, 0) is 25.7 Å². The van der Waals surface area contributed by atoms with Gasteiger partial charge >= 0.3 is 11.3 Å². The largest absolute Gasteiger partial charge is 0.467 e. The molecule has 0 saturated heterocycles. The van der Waals surface area contributed by atoms with Crippen LogP contribution in [0.25, 0.3) is 0 Å². The maximum Gasteiger partial charge on any atom is 0.372 e. The zero-order chi connectivity index (χ0) is 17.2. The molecule has 0 aliphatic carbocycles. The van der Waals surface area contributed by atoms with Crippen molar-refractivity contribution < 1.29 is 28.6 Å². The number of amides is 1. The molecule has 0 aromatic heterocycles. The summed E-state index contributed by atoms with van der Waals surface area (Å²) < 4.78 is 14.9. The molecule has 23 heavy (non-hydrogen) atoms. The number of ether oxygens (including phenoxy) is 3. The fourth-order valence-electron chi connectivity index (χ4n) is 1.71. The van der Waals surface area contributed by atoms with Crippen molar-refractivity contribution in [3.8, 4) is 5.75 Å². The standard InChI is InChI=1S/C15H19NO6S/c1-10(17)16-12(14(18)21-3)9-23-15(19)22-13-7-5-4-6-11(13)8-20-2/h4-7,12H,8-9H2,1-3H3,(H,16,17). The lowest BCUT2D eigenvalue weighted by Crippen LogP contribution is -2.42. The summed E-state index contributed by atoms with van der Waals surface area (Å²) in [5.74, 6) is -0.613. The minimum atomic E-state index is -0.913. The van der Waals surface area contributed by atoms with Crippen molar-refractivity contribution in [2.75, 3.05) is 20.0 Å². The van der Waals surface area contributed by atoms with Crippen LogP contribution in [0, 0.1) is 0 Å². The van der Waals surface area contributed by atoms with Gasteiger partial charge in [-0.2, -0.15) is 0 Å². The summed E-state index contributed by atoms with van der Waals surface area (Å²) in [4.78, 5) is 34.5. The highest BCUT2D eigenvalue weighted by Crippen LogP contribution is 2.21. The molecule has 0 aliphatic heterocycles. The third-order valence-electron chi connectivity index (χ3n) is 2.70. The van der Waals surface area contributed by atoms with Gasteiger partial charge in [-0.3, -0.25) is 4.79 Å². The minimum absolute atomic E-state index is 0.0114. The molecule has 1 unspecified atom stereocenters. The Morgan fingerprint density at radius 2 is 1.91 bits per heavy atom. The van der Waals surface area contributed by atoms with Crippen molar-refractivity contribution in [1.82, 2.24) is 5.32 Å². The van der Waals surface area contributed by atoms with Gasteiger partial charge in [0.05, 0.1) is 13.7 Å². The molecule has 0 aliphatic rings. The summed E-state index contributed by atoms with van der Waals surface area (Å²) in [6, 6.07) is 6.07. The second kappa shape index (κ2) is 9.86. The lowest BCUT2D eigenvalue weighted by atomic mass is 10.2. The molecule has 8 heteroatoms. The van der Waals surface area contributed by atoms with E-state index in [4.69, 9.17) is 9.47 Å². The van der Waals surface area contributed by atoms with Crippen LogP contribution in [0.3, 0.4) is 0 Å². The number of benzene rings is 1. The number of hydrogen-bond donors (Lipinski definition) is 1. The number of hydrogen-bond acceptors (Lipinski definition) is 7. The van der Waals surface area contributed by atoms with Crippen molar-refractivity contribution in [1.29, 1.82) is 0 Å². The number of nitrogens with one attached hydrogen (secondary N) is 1. The van der Waals surface area contributed by atoms with Crippen LogP contribution in [0.2, 0.25) is 0 Å². The highest BCUT2D eigenvalue weighted by atomic mass is 32.2. The van der Waals surface area contributed by atoms with E-state index < -0.39 is 17.3 Å². The molecule has 0 bridgehead atoms. The second-order valence-corrected chi connectivity index (χ2v) is 5.44. The van der Waals surface area contributed by atoms with Gasteiger partial charge in [-0.25, -0.2) is 9.59 Å². The Kier molecular flexibility index (Phi) is 8.14. The molecule has 126 valence electrons. The average molecular weight is 341 g/mol. The van der Waals surface area contributed by atoms with E-state index in [2.05, 4.69) is 10.1 Å². The molecular formula is C15H19NO6S. The molecule has 1 N–H and O–H groups in total. The van der Waals surface area contributed by atoms with Crippen molar-refractivity contribution in [3.05, 3.63) is 29.8 Å². The van der Waals surface area contributed by atoms with Crippen LogP contribution < -0.4 is 10.1 Å². The molecule has 1 atom stereocenters. The van der Waals surface area contributed by atoms with Gasteiger partial charge in [0.25, 0.3) is 0 Å². The Morgan fingerprint density at radius 3 is 2.52 bits per heavy atom. The van der Waals surface area contributed by atoms with E-state index in [1.54, 1.807) is 25.3 Å². The number of methoxy groups -OCH3 is 2. The molecule has 0 fully saturated rings. The first-order valence-electron chi connectivity index (χ1n) is 6.74. The first kappa shape index (κ1) is 19.0. The number of para-hydroxylation sites is 1. The number of rotatable bonds is 7. The van der Waals surface area contributed by atoms with Crippen molar-refractivity contribution in [2.45, 2.75) is 19.6 Å². The van der Waals surface area contributed by atoms with Gasteiger partial charge in [0, 0.05) is 25.3 Å². The molecular weight excluding hydrogens is 322 g/mol. The molecule has 7 nitrogen and oxygen atoms in total. The zero-order valence-corrected chi connectivity index (χ0v) is 14.0. The van der Waals surface area contributed by atoms with E-state index in [0.29, 0.717) is 12.4 Å². The summed E-state index contributed by atoms with van der Waals surface area (Å²) in [5.41, 5.74) is 0.732. The van der Waals surface area contributed by atoms with E-state index in [1.165, 1.54) is 14.0 Å². The summed E-state index contributed by atoms with van der Waals surface area (Å²) >= 11 is 0.774. The smallest absolute Gasteiger partial charge is 0.372 e. The Hall–Kier alpha value is -2.06. The first-order valence-corrected chi connectivity index (χ1v) is 7.72. The Bertz CT molecular complexity index is 563. The Labute approximate surface area is 138 Å². The van der Waals surface area contributed by atoms with Gasteiger partial charge in [0.1, 0.15) is 11.8 Å². The monoisotopic (exact) mass is 341 g/mol. The Balaban J connectivity index is 2.62. The van der Waals surface area contributed by atoms with Crippen LogP contribution in [0.5, 0.6) is 5.75 Å². The lowest BCUT2D eigenvalue weighted by molar-refractivity contribution is -0.144. The average Bonchev–Trinajstić information content (AvgIpc) is 2.52. The summed E-state index contributed by atoms with van der Waals surface area (Å²) in [7, 11) is 2.75. The van der Waals surface area contributed by atoms with Gasteiger partial charge in [-0.15, -0.1) is 0 Å². The SMILES string of the molecule is COCc1ccccc1OC(=O)SCC(NC(C)=O)C(=O)OC. The lowest BCUT2D eigenvalue weighted by Gasteiger charge is -2.14.